The van der Waals surface area contributed by atoms with Crippen molar-refractivity contribution in [2.24, 2.45) is 5.41 Å². The van der Waals surface area contributed by atoms with Crippen molar-refractivity contribution < 1.29 is 14.3 Å². The summed E-state index contributed by atoms with van der Waals surface area (Å²) in [5, 5.41) is 15.0. The summed E-state index contributed by atoms with van der Waals surface area (Å²) in [7, 11) is 0. The van der Waals surface area contributed by atoms with Crippen molar-refractivity contribution >= 4 is 17.8 Å². The van der Waals surface area contributed by atoms with E-state index in [4.69, 9.17) is 10.1 Å². The molecular weight excluding hydrogens is 452 g/mol. The van der Waals surface area contributed by atoms with Crippen LogP contribution in [0.2, 0.25) is 0 Å². The summed E-state index contributed by atoms with van der Waals surface area (Å²) >= 11 is 0. The third-order valence-electron chi connectivity index (χ3n) is 7.59. The lowest BCUT2D eigenvalue weighted by Gasteiger charge is -2.45. The molecule has 3 aliphatic rings. The van der Waals surface area contributed by atoms with Crippen molar-refractivity contribution in [2.75, 3.05) is 0 Å². The van der Waals surface area contributed by atoms with E-state index in [2.05, 4.69) is 24.5 Å². The van der Waals surface area contributed by atoms with Crippen LogP contribution in [0.3, 0.4) is 0 Å². The van der Waals surface area contributed by atoms with Crippen LogP contribution in [0.4, 0.5) is 0 Å². The van der Waals surface area contributed by atoms with E-state index < -0.39 is 11.1 Å². The molecule has 0 aromatic heterocycles. The number of carbonyl (C=O) groups is 2. The van der Waals surface area contributed by atoms with Gasteiger partial charge in [0.2, 0.25) is 5.91 Å². The van der Waals surface area contributed by atoms with E-state index in [1.165, 1.54) is 0 Å². The number of hydrogen-bond acceptors (Lipinski definition) is 4. The fraction of sp³-hybridized carbons (Fsp3) is 0.483. The van der Waals surface area contributed by atoms with E-state index in [9.17, 15) is 9.59 Å². The van der Waals surface area contributed by atoms with E-state index in [0.717, 1.165) is 28.9 Å². The molecule has 3 N–H and O–H groups in total. The molecule has 1 saturated heterocycles. The molecule has 7 nitrogen and oxygen atoms in total. The average molecular weight is 489 g/mol. The zero-order valence-corrected chi connectivity index (χ0v) is 22.0. The van der Waals surface area contributed by atoms with Gasteiger partial charge in [-0.05, 0) is 68.9 Å². The first-order chi connectivity index (χ1) is 16.8. The summed E-state index contributed by atoms with van der Waals surface area (Å²) in [4.78, 5) is 28.3. The summed E-state index contributed by atoms with van der Waals surface area (Å²) in [5.41, 5.74) is 2.48. The molecule has 1 fully saturated rings. The average Bonchev–Trinajstić information content (AvgIpc) is 3.01. The number of ether oxygens (including phenoxy) is 1. The number of amides is 2. The van der Waals surface area contributed by atoms with Gasteiger partial charge in [0.05, 0.1) is 12.1 Å². The summed E-state index contributed by atoms with van der Waals surface area (Å²) in [6.45, 7) is 12.2. The number of hydrogen-bond donors (Lipinski definition) is 3. The van der Waals surface area contributed by atoms with E-state index in [1.807, 2.05) is 70.2 Å². The van der Waals surface area contributed by atoms with Crippen LogP contribution in [-0.4, -0.2) is 33.8 Å². The number of fused-ring (bicyclic) bond motifs is 2. The summed E-state index contributed by atoms with van der Waals surface area (Å²) in [6, 6.07) is 13.2. The number of nitrogens with zero attached hydrogens (tertiary/aromatic N) is 1. The van der Waals surface area contributed by atoms with Crippen LogP contribution in [0.1, 0.15) is 93.5 Å². The molecule has 2 aliphatic heterocycles. The number of guanidine groups is 1. The predicted molar refractivity (Wildman–Crippen MR) is 139 cm³/mol. The largest absolute Gasteiger partial charge is 0.487 e. The van der Waals surface area contributed by atoms with Crippen molar-refractivity contribution in [2.45, 2.75) is 84.0 Å². The Morgan fingerprint density at radius 1 is 1.06 bits per heavy atom. The monoisotopic (exact) mass is 488 g/mol. The molecule has 2 heterocycles. The van der Waals surface area contributed by atoms with Gasteiger partial charge in [-0.25, -0.2) is 0 Å². The highest BCUT2D eigenvalue weighted by Crippen LogP contribution is 2.50. The van der Waals surface area contributed by atoms with Crippen LogP contribution in [0.5, 0.6) is 5.75 Å². The lowest BCUT2D eigenvalue weighted by atomic mass is 9.83. The Bertz CT molecular complexity index is 1240. The lowest BCUT2D eigenvalue weighted by Crippen LogP contribution is -2.61. The van der Waals surface area contributed by atoms with Gasteiger partial charge in [0.1, 0.15) is 11.4 Å². The molecule has 36 heavy (non-hydrogen) atoms. The standard InChI is InChI=1S/C29H36N4O3/c1-27(2)14-18-12-11-17(13-20(18)24(27)33-23(34)16-28(3,4)32-26(33)30)25(35)31-21-15-29(5,6)36-22-10-8-7-9-19(21)22/h7-13,21,24H,14-16H2,1-6H3,(H2,30,32)(H,31,35)/t21-,24-/m0/s1. The van der Waals surface area contributed by atoms with E-state index >= 15 is 0 Å². The summed E-state index contributed by atoms with van der Waals surface area (Å²) in [5.74, 6) is 0.703. The van der Waals surface area contributed by atoms with E-state index in [-0.39, 0.29) is 35.3 Å². The normalized spacial score (nSPS) is 25.3. The van der Waals surface area contributed by atoms with Gasteiger partial charge in [-0.2, -0.15) is 0 Å². The molecule has 190 valence electrons. The fourth-order valence-corrected chi connectivity index (χ4v) is 6.11. The van der Waals surface area contributed by atoms with Gasteiger partial charge < -0.3 is 15.4 Å². The maximum atomic E-state index is 13.5. The third kappa shape index (κ3) is 4.25. The Morgan fingerprint density at radius 3 is 2.50 bits per heavy atom. The van der Waals surface area contributed by atoms with Crippen molar-refractivity contribution in [1.82, 2.24) is 15.5 Å². The van der Waals surface area contributed by atoms with Crippen LogP contribution in [0.25, 0.3) is 0 Å². The first-order valence-corrected chi connectivity index (χ1v) is 12.7. The molecule has 0 radical (unpaired) electrons. The molecule has 2 aromatic carbocycles. The Morgan fingerprint density at radius 2 is 1.78 bits per heavy atom. The first-order valence-electron chi connectivity index (χ1n) is 12.7. The van der Waals surface area contributed by atoms with Crippen molar-refractivity contribution in [3.63, 3.8) is 0 Å². The van der Waals surface area contributed by atoms with Crippen LogP contribution in [0.15, 0.2) is 42.5 Å². The predicted octanol–water partition coefficient (Wildman–Crippen LogP) is 4.88. The lowest BCUT2D eigenvalue weighted by molar-refractivity contribution is -0.134. The molecule has 5 rings (SSSR count). The van der Waals surface area contributed by atoms with Crippen LogP contribution >= 0.6 is 0 Å². The second kappa shape index (κ2) is 8.08. The maximum Gasteiger partial charge on any atom is 0.251 e. The highest BCUT2D eigenvalue weighted by atomic mass is 16.5. The number of para-hydroxylation sites is 1. The molecule has 2 aromatic rings. The zero-order valence-electron chi connectivity index (χ0n) is 22.0. The molecule has 0 unspecified atom stereocenters. The van der Waals surface area contributed by atoms with Crippen molar-refractivity contribution in [3.8, 4) is 5.75 Å². The smallest absolute Gasteiger partial charge is 0.251 e. The van der Waals surface area contributed by atoms with Crippen LogP contribution in [-0.2, 0) is 11.2 Å². The minimum atomic E-state index is -0.453. The molecule has 0 saturated carbocycles. The third-order valence-corrected chi connectivity index (χ3v) is 7.59. The minimum absolute atomic E-state index is 0.0643. The molecule has 1 aliphatic carbocycles. The quantitative estimate of drug-likeness (QED) is 0.574. The first kappa shape index (κ1) is 24.3. The van der Waals surface area contributed by atoms with Gasteiger partial charge in [-0.1, -0.05) is 38.1 Å². The van der Waals surface area contributed by atoms with Crippen molar-refractivity contribution in [1.29, 1.82) is 5.41 Å². The second-order valence-corrected chi connectivity index (χ2v) is 12.4. The van der Waals surface area contributed by atoms with Crippen LogP contribution < -0.4 is 15.4 Å². The summed E-state index contributed by atoms with van der Waals surface area (Å²) in [6.07, 6.45) is 1.75. The Kier molecular flexibility index (Phi) is 5.47. The minimum Gasteiger partial charge on any atom is -0.487 e. The highest BCUT2D eigenvalue weighted by molar-refractivity contribution is 6.00. The number of carbonyl (C=O) groups excluding carboxylic acids is 2. The molecule has 2 amide bonds. The molecule has 0 spiro atoms. The maximum absolute atomic E-state index is 13.5. The van der Waals surface area contributed by atoms with Crippen molar-refractivity contribution in [3.05, 3.63) is 64.7 Å². The van der Waals surface area contributed by atoms with Gasteiger partial charge in [0.15, 0.2) is 5.96 Å². The molecule has 2 atom stereocenters. The molecule has 0 bridgehead atoms. The van der Waals surface area contributed by atoms with E-state index in [0.29, 0.717) is 18.4 Å². The van der Waals surface area contributed by atoms with Gasteiger partial charge in [0.25, 0.3) is 5.91 Å². The van der Waals surface area contributed by atoms with Gasteiger partial charge in [0, 0.05) is 29.5 Å². The fourth-order valence-electron chi connectivity index (χ4n) is 6.11. The number of benzene rings is 2. The summed E-state index contributed by atoms with van der Waals surface area (Å²) < 4.78 is 6.12. The SMILES string of the molecule is CC1(C)CC(=O)N([C@H]2c3cc(C(=O)N[C@H]4CC(C)(C)Oc5ccccc54)ccc3CC2(C)C)C(=N)N1. The van der Waals surface area contributed by atoms with E-state index in [1.54, 1.807) is 4.90 Å². The van der Waals surface area contributed by atoms with Gasteiger partial charge in [-0.3, -0.25) is 19.9 Å². The molecule has 7 heteroatoms. The Balaban J connectivity index is 1.45. The Labute approximate surface area is 213 Å². The number of rotatable bonds is 3. The van der Waals surface area contributed by atoms with Gasteiger partial charge >= 0.3 is 0 Å². The zero-order chi connectivity index (χ0) is 26.0. The van der Waals surface area contributed by atoms with Crippen LogP contribution in [0, 0.1) is 10.8 Å². The topological polar surface area (TPSA) is 94.5 Å². The molecular formula is C29H36N4O3. The van der Waals surface area contributed by atoms with Gasteiger partial charge in [-0.15, -0.1) is 0 Å². The Hall–Kier alpha value is -3.35. The number of nitrogens with one attached hydrogen (secondary N) is 3. The highest BCUT2D eigenvalue weighted by Gasteiger charge is 2.48. The second-order valence-electron chi connectivity index (χ2n) is 12.4.